The Morgan fingerprint density at radius 1 is 1.30 bits per heavy atom. The minimum absolute atomic E-state index is 0.174. The summed E-state index contributed by atoms with van der Waals surface area (Å²) >= 11 is 5.67. The molecule has 0 aliphatic rings. The number of benzene rings is 1. The summed E-state index contributed by atoms with van der Waals surface area (Å²) < 4.78 is 80.7. The largest absolute Gasteiger partial charge is 0.478 e. The van der Waals surface area contributed by atoms with E-state index < -0.39 is 56.0 Å². The van der Waals surface area contributed by atoms with Crippen LogP contribution in [0, 0.1) is 5.82 Å². The molecule has 0 aliphatic carbocycles. The van der Waals surface area contributed by atoms with Crippen LogP contribution in [-0.2, 0) is 10.0 Å². The minimum Gasteiger partial charge on any atom is -0.478 e. The molecule has 0 fully saturated rings. The number of rotatable bonds is 6. The Kier molecular flexibility index (Phi) is 5.80. The van der Waals surface area contributed by atoms with Crippen LogP contribution in [0.4, 0.5) is 23.2 Å². The predicted molar refractivity (Wildman–Crippen MR) is 85.0 cm³/mol. The van der Waals surface area contributed by atoms with Crippen LogP contribution in [-0.4, -0.2) is 37.3 Å². The number of anilines is 1. The highest BCUT2D eigenvalue weighted by atomic mass is 35.5. The van der Waals surface area contributed by atoms with Crippen molar-refractivity contribution in [1.82, 2.24) is 4.98 Å². The Labute approximate surface area is 154 Å². The summed E-state index contributed by atoms with van der Waals surface area (Å²) in [5, 5.41) is 8.31. The summed E-state index contributed by atoms with van der Waals surface area (Å²) in [4.78, 5) is 13.7. The van der Waals surface area contributed by atoms with Crippen molar-refractivity contribution < 1.29 is 40.6 Å². The van der Waals surface area contributed by atoms with E-state index in [1.165, 1.54) is 0 Å². The lowest BCUT2D eigenvalue weighted by Crippen LogP contribution is -2.19. The molecule has 1 aromatic carbocycles. The van der Waals surface area contributed by atoms with Crippen molar-refractivity contribution in [2.24, 2.45) is 0 Å². The zero-order valence-electron chi connectivity index (χ0n) is 12.9. The maximum Gasteiger partial charge on any atom is 0.422 e. The van der Waals surface area contributed by atoms with E-state index in [2.05, 4.69) is 9.72 Å². The van der Waals surface area contributed by atoms with E-state index >= 15 is 0 Å². The molecule has 0 radical (unpaired) electrons. The molecule has 0 aliphatic heterocycles. The molecular formula is C14H9ClF4N2O5S. The number of hydrogen-bond donors (Lipinski definition) is 2. The highest BCUT2D eigenvalue weighted by molar-refractivity contribution is 7.92. The number of aromatic carboxylic acids is 1. The summed E-state index contributed by atoms with van der Waals surface area (Å²) in [5.41, 5.74) is -1.08. The lowest BCUT2D eigenvalue weighted by Gasteiger charge is -2.11. The molecule has 13 heteroatoms. The van der Waals surface area contributed by atoms with Gasteiger partial charge >= 0.3 is 12.1 Å². The SMILES string of the molecule is O=C(O)c1cc(S(=O)(=O)Nc2ccc(OCC(F)(F)F)nc2)c(Cl)cc1F. The molecule has 0 bridgehead atoms. The van der Waals surface area contributed by atoms with Gasteiger partial charge in [0, 0.05) is 6.07 Å². The lowest BCUT2D eigenvalue weighted by molar-refractivity contribution is -0.154. The predicted octanol–water partition coefficient (Wildman–Crippen LogP) is 3.31. The van der Waals surface area contributed by atoms with E-state index in [1.54, 1.807) is 0 Å². The van der Waals surface area contributed by atoms with Gasteiger partial charge in [-0.3, -0.25) is 4.72 Å². The topological polar surface area (TPSA) is 106 Å². The van der Waals surface area contributed by atoms with Gasteiger partial charge in [0.05, 0.1) is 22.5 Å². The molecule has 0 saturated heterocycles. The summed E-state index contributed by atoms with van der Waals surface area (Å²) in [6.07, 6.45) is -3.69. The van der Waals surface area contributed by atoms with E-state index in [4.69, 9.17) is 16.7 Å². The number of hydrogen-bond acceptors (Lipinski definition) is 5. The van der Waals surface area contributed by atoms with Crippen molar-refractivity contribution in [2.75, 3.05) is 11.3 Å². The van der Waals surface area contributed by atoms with Crippen LogP contribution in [0.3, 0.4) is 0 Å². The monoisotopic (exact) mass is 428 g/mol. The van der Waals surface area contributed by atoms with Crippen LogP contribution >= 0.6 is 11.6 Å². The lowest BCUT2D eigenvalue weighted by atomic mass is 10.2. The molecule has 2 N–H and O–H groups in total. The minimum atomic E-state index is -4.57. The third-order valence-electron chi connectivity index (χ3n) is 2.91. The molecule has 1 heterocycles. The second-order valence-electron chi connectivity index (χ2n) is 4.96. The molecule has 1 aromatic heterocycles. The number of carboxylic acid groups (broad SMARTS) is 1. The first-order valence-corrected chi connectivity index (χ1v) is 8.66. The maximum atomic E-state index is 13.5. The number of ether oxygens (including phenoxy) is 1. The molecular weight excluding hydrogens is 420 g/mol. The summed E-state index contributed by atoms with van der Waals surface area (Å²) in [6.45, 7) is -1.58. The van der Waals surface area contributed by atoms with Crippen molar-refractivity contribution in [3.63, 3.8) is 0 Å². The molecule has 0 amide bonds. The number of nitrogens with one attached hydrogen (secondary N) is 1. The van der Waals surface area contributed by atoms with Crippen molar-refractivity contribution in [3.05, 3.63) is 46.9 Å². The molecule has 7 nitrogen and oxygen atoms in total. The van der Waals surface area contributed by atoms with Gasteiger partial charge in [0.1, 0.15) is 10.7 Å². The van der Waals surface area contributed by atoms with Gasteiger partial charge in [0.25, 0.3) is 10.0 Å². The van der Waals surface area contributed by atoms with E-state index in [-0.39, 0.29) is 5.69 Å². The maximum absolute atomic E-state index is 13.5. The Morgan fingerprint density at radius 3 is 2.48 bits per heavy atom. The van der Waals surface area contributed by atoms with Crippen LogP contribution in [0.5, 0.6) is 5.88 Å². The highest BCUT2D eigenvalue weighted by Crippen LogP contribution is 2.27. The quantitative estimate of drug-likeness (QED) is 0.684. The third-order valence-corrected chi connectivity index (χ3v) is 4.76. The van der Waals surface area contributed by atoms with Gasteiger partial charge < -0.3 is 9.84 Å². The number of halogens is 5. The number of carboxylic acids is 1. The van der Waals surface area contributed by atoms with E-state index in [1.807, 2.05) is 4.72 Å². The van der Waals surface area contributed by atoms with Crippen LogP contribution in [0.2, 0.25) is 5.02 Å². The second-order valence-corrected chi connectivity index (χ2v) is 7.02. The average Bonchev–Trinajstić information content (AvgIpc) is 2.52. The number of alkyl halides is 3. The molecule has 0 saturated carbocycles. The Bertz CT molecular complexity index is 965. The summed E-state index contributed by atoms with van der Waals surface area (Å²) in [7, 11) is -4.44. The van der Waals surface area contributed by atoms with Gasteiger partial charge in [-0.05, 0) is 18.2 Å². The Hall–Kier alpha value is -2.60. The van der Waals surface area contributed by atoms with Gasteiger partial charge in [0.2, 0.25) is 5.88 Å². The summed E-state index contributed by atoms with van der Waals surface area (Å²) in [5.74, 6) is -3.32. The Balaban J connectivity index is 2.24. The number of carbonyl (C=O) groups is 1. The van der Waals surface area contributed by atoms with E-state index in [0.717, 1.165) is 18.3 Å². The fourth-order valence-electron chi connectivity index (χ4n) is 1.79. The third kappa shape index (κ3) is 5.44. The molecule has 2 rings (SSSR count). The van der Waals surface area contributed by atoms with Gasteiger partial charge in [-0.1, -0.05) is 11.6 Å². The standard InChI is InChI=1S/C14H9ClF4N2O5S/c15-9-4-10(16)8(13(22)23)3-11(9)27(24,25)21-7-1-2-12(20-5-7)26-6-14(17,18)19/h1-5,21H,6H2,(H,22,23). The smallest absolute Gasteiger partial charge is 0.422 e. The molecule has 0 unspecified atom stereocenters. The fourth-order valence-corrected chi connectivity index (χ4v) is 3.38. The second kappa shape index (κ2) is 7.56. The van der Waals surface area contributed by atoms with Crippen molar-refractivity contribution >= 4 is 33.3 Å². The number of pyridine rings is 1. The Morgan fingerprint density at radius 2 is 1.96 bits per heavy atom. The van der Waals surface area contributed by atoms with E-state index in [0.29, 0.717) is 12.1 Å². The zero-order valence-corrected chi connectivity index (χ0v) is 14.5. The molecule has 0 atom stereocenters. The molecule has 2 aromatic rings. The zero-order chi connectivity index (χ0) is 20.4. The first kappa shape index (κ1) is 20.7. The van der Waals surface area contributed by atoms with Gasteiger partial charge in [0.15, 0.2) is 6.61 Å². The van der Waals surface area contributed by atoms with Crippen LogP contribution in [0.15, 0.2) is 35.4 Å². The number of sulfonamides is 1. The normalized spacial score (nSPS) is 11.9. The van der Waals surface area contributed by atoms with Gasteiger partial charge in [-0.2, -0.15) is 13.2 Å². The van der Waals surface area contributed by atoms with Crippen molar-refractivity contribution in [2.45, 2.75) is 11.1 Å². The van der Waals surface area contributed by atoms with Crippen LogP contribution in [0.25, 0.3) is 0 Å². The van der Waals surface area contributed by atoms with Crippen LogP contribution < -0.4 is 9.46 Å². The number of aromatic nitrogens is 1. The first-order valence-electron chi connectivity index (χ1n) is 6.80. The van der Waals surface area contributed by atoms with Crippen molar-refractivity contribution in [1.29, 1.82) is 0 Å². The average molecular weight is 429 g/mol. The highest BCUT2D eigenvalue weighted by Gasteiger charge is 2.28. The molecule has 27 heavy (non-hydrogen) atoms. The number of nitrogens with zero attached hydrogens (tertiary/aromatic N) is 1. The van der Waals surface area contributed by atoms with Crippen molar-refractivity contribution in [3.8, 4) is 5.88 Å². The molecule has 146 valence electrons. The van der Waals surface area contributed by atoms with Crippen LogP contribution in [0.1, 0.15) is 10.4 Å². The first-order chi connectivity index (χ1) is 12.4. The van der Waals surface area contributed by atoms with Gasteiger partial charge in [-0.25, -0.2) is 22.6 Å². The van der Waals surface area contributed by atoms with Gasteiger partial charge in [-0.15, -0.1) is 0 Å². The van der Waals surface area contributed by atoms with E-state index in [9.17, 15) is 30.8 Å². The molecule has 0 spiro atoms. The fraction of sp³-hybridized carbons (Fsp3) is 0.143. The summed E-state index contributed by atoms with van der Waals surface area (Å²) in [6, 6.07) is 3.12.